The van der Waals surface area contributed by atoms with Gasteiger partial charge in [0, 0.05) is 12.2 Å². The molecular formula is C16H20N2O2. The van der Waals surface area contributed by atoms with Gasteiger partial charge in [0.05, 0.1) is 11.8 Å². The van der Waals surface area contributed by atoms with E-state index in [0.717, 1.165) is 12.1 Å². The Labute approximate surface area is 119 Å². The Bertz CT molecular complexity index is 572. The molecule has 106 valence electrons. The van der Waals surface area contributed by atoms with Gasteiger partial charge in [0.25, 0.3) is 5.91 Å². The summed E-state index contributed by atoms with van der Waals surface area (Å²) in [4.78, 5) is 14.4. The molecule has 0 spiro atoms. The van der Waals surface area contributed by atoms with E-state index >= 15 is 0 Å². The fourth-order valence-corrected chi connectivity index (χ4v) is 2.07. The lowest BCUT2D eigenvalue weighted by molar-refractivity contribution is 0.0985. The summed E-state index contributed by atoms with van der Waals surface area (Å²) in [5.74, 6) is 0.591. The predicted octanol–water partition coefficient (Wildman–Crippen LogP) is 2.89. The van der Waals surface area contributed by atoms with Gasteiger partial charge in [-0.2, -0.15) is 0 Å². The second-order valence-electron chi connectivity index (χ2n) is 4.83. The van der Waals surface area contributed by atoms with Crippen LogP contribution in [0.1, 0.15) is 28.1 Å². The number of hydrogen-bond acceptors (Lipinski definition) is 3. The van der Waals surface area contributed by atoms with Gasteiger partial charge in [-0.05, 0) is 45.0 Å². The van der Waals surface area contributed by atoms with Crippen molar-refractivity contribution in [1.82, 2.24) is 0 Å². The zero-order valence-corrected chi connectivity index (χ0v) is 11.9. The molecule has 2 N–H and O–H groups in total. The molecule has 0 radical (unpaired) electrons. The van der Waals surface area contributed by atoms with E-state index in [-0.39, 0.29) is 5.91 Å². The summed E-state index contributed by atoms with van der Waals surface area (Å²) >= 11 is 0. The van der Waals surface area contributed by atoms with Gasteiger partial charge < -0.3 is 15.1 Å². The number of rotatable bonds is 5. The van der Waals surface area contributed by atoms with Crippen LogP contribution in [0, 0.1) is 13.8 Å². The first-order chi connectivity index (χ1) is 9.63. The van der Waals surface area contributed by atoms with Crippen molar-refractivity contribution in [3.05, 3.63) is 53.5 Å². The molecule has 0 saturated carbocycles. The summed E-state index contributed by atoms with van der Waals surface area (Å²) in [6, 6.07) is 9.63. The molecule has 0 saturated heterocycles. The molecule has 0 unspecified atom stereocenters. The lowest BCUT2D eigenvalue weighted by Crippen LogP contribution is -2.33. The first kappa shape index (κ1) is 14.3. The van der Waals surface area contributed by atoms with Gasteiger partial charge in [-0.1, -0.05) is 17.7 Å². The van der Waals surface area contributed by atoms with Gasteiger partial charge in [0.15, 0.2) is 0 Å². The molecular weight excluding hydrogens is 252 g/mol. The van der Waals surface area contributed by atoms with Crippen LogP contribution in [0.25, 0.3) is 0 Å². The summed E-state index contributed by atoms with van der Waals surface area (Å²) in [7, 11) is 0. The molecule has 1 aromatic carbocycles. The third-order valence-electron chi connectivity index (χ3n) is 3.27. The highest BCUT2D eigenvalue weighted by atomic mass is 16.3. The number of carbonyl (C=O) groups is 1. The normalized spacial score (nSPS) is 10.6. The van der Waals surface area contributed by atoms with Gasteiger partial charge >= 0.3 is 0 Å². The van der Waals surface area contributed by atoms with Gasteiger partial charge in [-0.15, -0.1) is 0 Å². The highest BCUT2D eigenvalue weighted by molar-refractivity contribution is 6.06. The van der Waals surface area contributed by atoms with Crippen molar-refractivity contribution in [3.8, 4) is 0 Å². The molecule has 0 bridgehead atoms. The van der Waals surface area contributed by atoms with Crippen LogP contribution >= 0.6 is 0 Å². The number of benzene rings is 1. The maximum absolute atomic E-state index is 12.6. The number of anilines is 1. The van der Waals surface area contributed by atoms with Crippen LogP contribution in [0.5, 0.6) is 0 Å². The van der Waals surface area contributed by atoms with Crippen LogP contribution in [-0.4, -0.2) is 19.0 Å². The lowest BCUT2D eigenvalue weighted by Gasteiger charge is -2.22. The molecule has 4 heteroatoms. The van der Waals surface area contributed by atoms with Gasteiger partial charge in [0.2, 0.25) is 0 Å². The van der Waals surface area contributed by atoms with E-state index in [0.29, 0.717) is 24.4 Å². The molecule has 4 nitrogen and oxygen atoms in total. The van der Waals surface area contributed by atoms with E-state index in [2.05, 4.69) is 0 Å². The lowest BCUT2D eigenvalue weighted by atomic mass is 10.1. The second-order valence-corrected chi connectivity index (χ2v) is 4.83. The molecule has 1 heterocycles. The van der Waals surface area contributed by atoms with Crippen molar-refractivity contribution >= 4 is 11.6 Å². The Morgan fingerprint density at radius 1 is 1.20 bits per heavy atom. The number of aryl methyl sites for hydroxylation is 2. The Balaban J connectivity index is 2.30. The van der Waals surface area contributed by atoms with Crippen LogP contribution in [0.3, 0.4) is 0 Å². The van der Waals surface area contributed by atoms with Gasteiger partial charge in [-0.3, -0.25) is 4.79 Å². The van der Waals surface area contributed by atoms with E-state index in [9.17, 15) is 4.79 Å². The van der Waals surface area contributed by atoms with Crippen LogP contribution in [-0.2, 0) is 0 Å². The molecule has 0 aliphatic carbocycles. The zero-order chi connectivity index (χ0) is 14.5. The third-order valence-corrected chi connectivity index (χ3v) is 3.27. The minimum Gasteiger partial charge on any atom is -0.469 e. The van der Waals surface area contributed by atoms with E-state index in [1.165, 1.54) is 5.56 Å². The predicted molar refractivity (Wildman–Crippen MR) is 80.0 cm³/mol. The molecule has 0 fully saturated rings. The SMILES string of the molecule is Cc1ccc(N(CCCN)C(=O)c2ccoc2C)cc1. The summed E-state index contributed by atoms with van der Waals surface area (Å²) < 4.78 is 5.22. The quantitative estimate of drug-likeness (QED) is 0.910. The summed E-state index contributed by atoms with van der Waals surface area (Å²) in [6.45, 7) is 4.97. The van der Waals surface area contributed by atoms with Gasteiger partial charge in [0.1, 0.15) is 5.76 Å². The molecule has 0 aliphatic rings. The highest BCUT2D eigenvalue weighted by Gasteiger charge is 2.20. The van der Waals surface area contributed by atoms with Crippen molar-refractivity contribution in [3.63, 3.8) is 0 Å². The topological polar surface area (TPSA) is 59.5 Å². The van der Waals surface area contributed by atoms with Crippen LogP contribution in [0.2, 0.25) is 0 Å². The van der Waals surface area contributed by atoms with E-state index in [1.807, 2.05) is 31.2 Å². The maximum atomic E-state index is 12.6. The van der Waals surface area contributed by atoms with Crippen LogP contribution in [0.4, 0.5) is 5.69 Å². The molecule has 20 heavy (non-hydrogen) atoms. The van der Waals surface area contributed by atoms with Crippen molar-refractivity contribution in [2.75, 3.05) is 18.0 Å². The molecule has 2 aromatic rings. The molecule has 1 aromatic heterocycles. The van der Waals surface area contributed by atoms with E-state index in [4.69, 9.17) is 10.2 Å². The number of nitrogens with two attached hydrogens (primary N) is 1. The highest BCUT2D eigenvalue weighted by Crippen LogP contribution is 2.20. The van der Waals surface area contributed by atoms with Crippen molar-refractivity contribution in [2.24, 2.45) is 5.73 Å². The molecule has 0 aliphatic heterocycles. The number of hydrogen-bond donors (Lipinski definition) is 1. The maximum Gasteiger partial charge on any atom is 0.261 e. The number of nitrogens with zero attached hydrogens (tertiary/aromatic N) is 1. The van der Waals surface area contributed by atoms with Crippen LogP contribution in [0.15, 0.2) is 41.0 Å². The molecule has 2 rings (SSSR count). The molecule has 0 atom stereocenters. The van der Waals surface area contributed by atoms with Crippen LogP contribution < -0.4 is 10.6 Å². The van der Waals surface area contributed by atoms with E-state index in [1.54, 1.807) is 24.2 Å². The number of furan rings is 1. The standard InChI is InChI=1S/C16H20N2O2/c1-12-4-6-14(7-5-12)18(10-3-9-17)16(19)15-8-11-20-13(15)2/h4-8,11H,3,9-10,17H2,1-2H3. The fourth-order valence-electron chi connectivity index (χ4n) is 2.07. The smallest absolute Gasteiger partial charge is 0.261 e. The Morgan fingerprint density at radius 3 is 2.45 bits per heavy atom. The average Bonchev–Trinajstić information content (AvgIpc) is 2.87. The average molecular weight is 272 g/mol. The fraction of sp³-hybridized carbons (Fsp3) is 0.312. The Morgan fingerprint density at radius 2 is 1.90 bits per heavy atom. The van der Waals surface area contributed by atoms with Crippen molar-refractivity contribution in [1.29, 1.82) is 0 Å². The van der Waals surface area contributed by atoms with Crippen molar-refractivity contribution < 1.29 is 9.21 Å². The Kier molecular flexibility index (Phi) is 4.58. The van der Waals surface area contributed by atoms with E-state index < -0.39 is 0 Å². The second kappa shape index (κ2) is 6.39. The monoisotopic (exact) mass is 272 g/mol. The minimum absolute atomic E-state index is 0.0476. The summed E-state index contributed by atoms with van der Waals surface area (Å²) in [6.07, 6.45) is 2.30. The first-order valence-electron chi connectivity index (χ1n) is 6.76. The number of amides is 1. The Hall–Kier alpha value is -2.07. The number of carbonyl (C=O) groups excluding carboxylic acids is 1. The summed E-state index contributed by atoms with van der Waals surface area (Å²) in [5, 5.41) is 0. The first-order valence-corrected chi connectivity index (χ1v) is 6.76. The zero-order valence-electron chi connectivity index (χ0n) is 11.9. The third kappa shape index (κ3) is 3.08. The summed E-state index contributed by atoms with van der Waals surface area (Å²) in [5.41, 5.74) is 8.22. The van der Waals surface area contributed by atoms with Crippen molar-refractivity contribution in [2.45, 2.75) is 20.3 Å². The largest absolute Gasteiger partial charge is 0.469 e. The minimum atomic E-state index is -0.0476. The van der Waals surface area contributed by atoms with Gasteiger partial charge in [-0.25, -0.2) is 0 Å². The molecule has 1 amide bonds.